The predicted octanol–water partition coefficient (Wildman–Crippen LogP) is 5.40. The van der Waals surface area contributed by atoms with Crippen LogP contribution >= 0.6 is 0 Å². The molecule has 0 saturated carbocycles. The number of aliphatic hydroxyl groups excluding tert-OH is 1. The second kappa shape index (κ2) is 17.1. The van der Waals surface area contributed by atoms with Gasteiger partial charge in [-0.05, 0) is 63.3 Å². The third-order valence-electron chi connectivity index (χ3n) is 9.34. The standard InChI is InChI=1S/C41H51N5O5/c1-28-39(51-29(2)43-28)17-16-36(47)32-14-9-15-33(22-32)37(48)23-34(21-30-11-7-6-8-12-30)38(49)27-46-20-19-45(25-31-13-10-18-42-24-31)26-35(46)40(50)44-41(3,4)5/h6-15,18,22,24,34-35,38,49H,16-17,19-21,23,25-27H2,1-5H3,(H,44,50)/t34-,35+,38-/m1/s1. The maximum absolute atomic E-state index is 13.9. The molecule has 0 spiro atoms. The summed E-state index contributed by atoms with van der Waals surface area (Å²) in [6, 6.07) is 20.1. The number of hydrogen-bond donors (Lipinski definition) is 2. The summed E-state index contributed by atoms with van der Waals surface area (Å²) in [4.78, 5) is 53.5. The van der Waals surface area contributed by atoms with Crippen LogP contribution in [0.2, 0.25) is 0 Å². The molecule has 0 bridgehead atoms. The molecular formula is C41H51N5O5. The first-order valence-corrected chi connectivity index (χ1v) is 17.8. The Morgan fingerprint density at radius 3 is 2.35 bits per heavy atom. The number of carbonyl (C=O) groups excluding carboxylic acids is 3. The summed E-state index contributed by atoms with van der Waals surface area (Å²) in [5, 5.41) is 15.0. The van der Waals surface area contributed by atoms with Crippen LogP contribution in [0.4, 0.5) is 0 Å². The fraction of sp³-hybridized carbons (Fsp3) is 0.439. The van der Waals surface area contributed by atoms with Crippen molar-refractivity contribution in [1.82, 2.24) is 25.1 Å². The van der Waals surface area contributed by atoms with E-state index in [1.54, 1.807) is 37.4 Å². The van der Waals surface area contributed by atoms with E-state index >= 15 is 0 Å². The number of amides is 1. The number of aliphatic hydroxyl groups is 1. The summed E-state index contributed by atoms with van der Waals surface area (Å²) in [5.41, 5.74) is 3.35. The Morgan fingerprint density at radius 1 is 0.961 bits per heavy atom. The lowest BCUT2D eigenvalue weighted by molar-refractivity contribution is -0.131. The van der Waals surface area contributed by atoms with Crippen LogP contribution in [-0.4, -0.2) is 86.2 Å². The van der Waals surface area contributed by atoms with E-state index in [1.807, 2.05) is 76.4 Å². The van der Waals surface area contributed by atoms with Crippen molar-refractivity contribution in [3.63, 3.8) is 0 Å². The summed E-state index contributed by atoms with van der Waals surface area (Å²) >= 11 is 0. The zero-order valence-corrected chi connectivity index (χ0v) is 30.5. The number of carbonyl (C=O) groups is 3. The van der Waals surface area contributed by atoms with Gasteiger partial charge in [-0.1, -0.05) is 54.6 Å². The lowest BCUT2D eigenvalue weighted by Crippen LogP contribution is -2.62. The molecule has 10 nitrogen and oxygen atoms in total. The van der Waals surface area contributed by atoms with Gasteiger partial charge in [0.25, 0.3) is 0 Å². The van der Waals surface area contributed by atoms with Crippen LogP contribution in [0.1, 0.15) is 82.8 Å². The number of ketones is 2. The molecule has 0 aliphatic carbocycles. The van der Waals surface area contributed by atoms with Gasteiger partial charge >= 0.3 is 0 Å². The van der Waals surface area contributed by atoms with Crippen LogP contribution in [-0.2, 0) is 24.2 Å². The van der Waals surface area contributed by atoms with Gasteiger partial charge in [-0.3, -0.25) is 29.2 Å². The summed E-state index contributed by atoms with van der Waals surface area (Å²) in [7, 11) is 0. The van der Waals surface area contributed by atoms with E-state index in [0.717, 1.165) is 23.4 Å². The molecule has 1 fully saturated rings. The monoisotopic (exact) mass is 693 g/mol. The van der Waals surface area contributed by atoms with Crippen molar-refractivity contribution in [3.05, 3.63) is 119 Å². The van der Waals surface area contributed by atoms with Crippen molar-refractivity contribution in [2.24, 2.45) is 5.92 Å². The van der Waals surface area contributed by atoms with Crippen molar-refractivity contribution >= 4 is 17.5 Å². The minimum absolute atomic E-state index is 0.0822. The molecule has 2 aromatic carbocycles. The highest BCUT2D eigenvalue weighted by molar-refractivity contribution is 6.01. The number of β-amino-alcohol motifs (C(OH)–C–C–N with tert-alkyl or cyclic N) is 1. The largest absolute Gasteiger partial charge is 0.446 e. The van der Waals surface area contributed by atoms with Crippen molar-refractivity contribution < 1.29 is 23.9 Å². The van der Waals surface area contributed by atoms with Gasteiger partial charge in [-0.25, -0.2) is 4.98 Å². The maximum atomic E-state index is 13.9. The van der Waals surface area contributed by atoms with Gasteiger partial charge in [0.1, 0.15) is 11.8 Å². The molecule has 2 N–H and O–H groups in total. The molecule has 1 saturated heterocycles. The number of nitrogens with one attached hydrogen (secondary N) is 1. The van der Waals surface area contributed by atoms with Gasteiger partial charge < -0.3 is 14.8 Å². The number of pyridine rings is 1. The molecule has 3 heterocycles. The average Bonchev–Trinajstić information content (AvgIpc) is 3.43. The molecule has 4 aromatic rings. The Kier molecular flexibility index (Phi) is 12.7. The van der Waals surface area contributed by atoms with Gasteiger partial charge in [0.2, 0.25) is 5.91 Å². The molecule has 0 unspecified atom stereocenters. The molecule has 2 aromatic heterocycles. The molecule has 1 aliphatic heterocycles. The number of rotatable bonds is 15. The van der Waals surface area contributed by atoms with E-state index in [2.05, 4.69) is 25.1 Å². The summed E-state index contributed by atoms with van der Waals surface area (Å²) in [6.45, 7) is 12.3. The number of Topliss-reactive ketones (excluding diaryl/α,β-unsaturated/α-hetero) is 2. The van der Waals surface area contributed by atoms with E-state index < -0.39 is 23.6 Å². The number of nitrogens with zero attached hydrogens (tertiary/aromatic N) is 4. The van der Waals surface area contributed by atoms with Gasteiger partial charge in [0, 0.05) is 88.0 Å². The summed E-state index contributed by atoms with van der Waals surface area (Å²) < 4.78 is 5.63. The average molecular weight is 694 g/mol. The summed E-state index contributed by atoms with van der Waals surface area (Å²) in [6.07, 6.45) is 3.95. The Morgan fingerprint density at radius 2 is 1.69 bits per heavy atom. The van der Waals surface area contributed by atoms with Crippen molar-refractivity contribution in [2.45, 2.75) is 84.5 Å². The fourth-order valence-corrected chi connectivity index (χ4v) is 6.74. The van der Waals surface area contributed by atoms with Crippen LogP contribution < -0.4 is 5.32 Å². The SMILES string of the molecule is Cc1nc(C)c(CCC(=O)c2cccc(C(=O)C[C@@H](Cc3ccccc3)[C@H](O)CN3CCN(Cc4cccnc4)C[C@H]3C(=O)NC(C)(C)C)c2)o1. The molecule has 0 radical (unpaired) electrons. The number of aryl methyl sites for hydroxylation is 3. The molecule has 3 atom stereocenters. The minimum atomic E-state index is -0.887. The van der Waals surface area contributed by atoms with Crippen LogP contribution in [0.3, 0.4) is 0 Å². The van der Waals surface area contributed by atoms with Crippen molar-refractivity contribution in [1.29, 1.82) is 0 Å². The first kappa shape index (κ1) is 37.7. The van der Waals surface area contributed by atoms with E-state index in [9.17, 15) is 19.5 Å². The van der Waals surface area contributed by atoms with Crippen LogP contribution in [0.25, 0.3) is 0 Å². The van der Waals surface area contributed by atoms with Crippen molar-refractivity contribution in [2.75, 3.05) is 26.2 Å². The molecule has 1 amide bonds. The van der Waals surface area contributed by atoms with Gasteiger partial charge in [0.15, 0.2) is 17.5 Å². The Hall–Kier alpha value is -4.51. The van der Waals surface area contributed by atoms with Crippen LogP contribution in [0.5, 0.6) is 0 Å². The van der Waals surface area contributed by atoms with Crippen molar-refractivity contribution in [3.8, 4) is 0 Å². The Labute approximate surface area is 301 Å². The quantitative estimate of drug-likeness (QED) is 0.157. The highest BCUT2D eigenvalue weighted by Gasteiger charge is 2.36. The van der Waals surface area contributed by atoms with Gasteiger partial charge in [-0.2, -0.15) is 0 Å². The molecule has 51 heavy (non-hydrogen) atoms. The fourth-order valence-electron chi connectivity index (χ4n) is 6.74. The number of oxazole rings is 1. The zero-order chi connectivity index (χ0) is 36.5. The molecule has 270 valence electrons. The highest BCUT2D eigenvalue weighted by atomic mass is 16.4. The van der Waals surface area contributed by atoms with E-state index in [0.29, 0.717) is 55.3 Å². The predicted molar refractivity (Wildman–Crippen MR) is 196 cm³/mol. The van der Waals surface area contributed by atoms with Gasteiger partial charge in [0.05, 0.1) is 11.8 Å². The highest BCUT2D eigenvalue weighted by Crippen LogP contribution is 2.24. The first-order chi connectivity index (χ1) is 24.3. The number of hydrogen-bond acceptors (Lipinski definition) is 9. The smallest absolute Gasteiger partial charge is 0.239 e. The molecule has 5 rings (SSSR count). The second-order valence-corrected chi connectivity index (χ2v) is 14.7. The lowest BCUT2D eigenvalue weighted by Gasteiger charge is -2.43. The van der Waals surface area contributed by atoms with E-state index in [1.165, 1.54) is 0 Å². The van der Waals surface area contributed by atoms with Crippen LogP contribution in [0, 0.1) is 19.8 Å². The third kappa shape index (κ3) is 11.0. The molecule has 10 heteroatoms. The number of piperazine rings is 1. The number of aromatic nitrogens is 2. The maximum Gasteiger partial charge on any atom is 0.239 e. The topological polar surface area (TPSA) is 129 Å². The Balaban J connectivity index is 1.30. The molecule has 1 aliphatic rings. The van der Waals surface area contributed by atoms with Gasteiger partial charge in [-0.15, -0.1) is 0 Å². The van der Waals surface area contributed by atoms with E-state index in [-0.39, 0.29) is 36.9 Å². The molecular weight excluding hydrogens is 642 g/mol. The third-order valence-corrected chi connectivity index (χ3v) is 9.34. The summed E-state index contributed by atoms with van der Waals surface area (Å²) in [5.74, 6) is 0.532. The van der Waals surface area contributed by atoms with Crippen LogP contribution in [0.15, 0.2) is 83.5 Å². The lowest BCUT2D eigenvalue weighted by atomic mass is 9.86. The zero-order valence-electron chi connectivity index (χ0n) is 30.5. The Bertz CT molecular complexity index is 1770. The first-order valence-electron chi connectivity index (χ1n) is 17.8. The minimum Gasteiger partial charge on any atom is -0.446 e. The number of benzene rings is 2. The van der Waals surface area contributed by atoms with E-state index in [4.69, 9.17) is 4.42 Å². The second-order valence-electron chi connectivity index (χ2n) is 14.7. The normalized spacial score (nSPS) is 16.8.